The number of carboxylic acid groups (broad SMARTS) is 1. The molecule has 1 fully saturated rings. The van der Waals surface area contributed by atoms with Crippen molar-refractivity contribution in [3.8, 4) is 0 Å². The minimum atomic E-state index is -0.840. The lowest BCUT2D eigenvalue weighted by Gasteiger charge is -2.18. The first kappa shape index (κ1) is 18.2. The highest BCUT2D eigenvalue weighted by atomic mass is 16.4. The van der Waals surface area contributed by atoms with Gasteiger partial charge < -0.3 is 14.6 Å². The Morgan fingerprint density at radius 1 is 1.15 bits per heavy atom. The molecule has 1 amide bonds. The molecule has 5 nitrogen and oxygen atoms in total. The molecule has 1 aromatic carbocycles. The van der Waals surface area contributed by atoms with Gasteiger partial charge in [0.05, 0.1) is 11.5 Å². The van der Waals surface area contributed by atoms with E-state index >= 15 is 0 Å². The topological polar surface area (TPSA) is 62.5 Å². The largest absolute Gasteiger partial charge is 0.481 e. The summed E-state index contributed by atoms with van der Waals surface area (Å²) in [6.07, 6.45) is 0. The van der Waals surface area contributed by atoms with Gasteiger partial charge in [0, 0.05) is 36.9 Å². The third-order valence-corrected chi connectivity index (χ3v) is 5.63. The van der Waals surface area contributed by atoms with Crippen LogP contribution in [0, 0.1) is 26.7 Å². The van der Waals surface area contributed by atoms with E-state index in [1.807, 2.05) is 51.1 Å². The van der Waals surface area contributed by atoms with Gasteiger partial charge in [-0.3, -0.25) is 9.59 Å². The molecule has 1 N–H and O–H groups in total. The molecule has 1 aromatic heterocycles. The van der Waals surface area contributed by atoms with Gasteiger partial charge in [0.25, 0.3) is 5.91 Å². The molecule has 1 aliphatic heterocycles. The molecular formula is C21H26N2O3. The molecule has 138 valence electrons. The smallest absolute Gasteiger partial charge is 0.308 e. The molecule has 0 bridgehead atoms. The van der Waals surface area contributed by atoms with Crippen molar-refractivity contribution in [2.24, 2.45) is 5.92 Å². The Balaban J connectivity index is 1.92. The second kappa shape index (κ2) is 6.98. The Morgan fingerprint density at radius 2 is 1.85 bits per heavy atom. The number of likely N-dealkylation sites (tertiary alicyclic amines) is 1. The fourth-order valence-electron chi connectivity index (χ4n) is 4.21. The number of aryl methyl sites for hydroxylation is 2. The van der Waals surface area contributed by atoms with E-state index in [1.165, 1.54) is 0 Å². The van der Waals surface area contributed by atoms with Gasteiger partial charge in [-0.1, -0.05) is 24.3 Å². The Hall–Kier alpha value is -2.56. The first-order chi connectivity index (χ1) is 12.3. The maximum atomic E-state index is 13.1. The molecule has 26 heavy (non-hydrogen) atoms. The van der Waals surface area contributed by atoms with E-state index in [0.29, 0.717) is 12.1 Å². The number of benzene rings is 1. The molecule has 2 aromatic rings. The van der Waals surface area contributed by atoms with Crippen LogP contribution in [0.5, 0.6) is 0 Å². The van der Waals surface area contributed by atoms with E-state index in [0.717, 1.165) is 29.1 Å². The molecule has 0 aliphatic carbocycles. The van der Waals surface area contributed by atoms with E-state index in [2.05, 4.69) is 11.5 Å². The summed E-state index contributed by atoms with van der Waals surface area (Å²) in [5.41, 5.74) is 4.77. The summed E-state index contributed by atoms with van der Waals surface area (Å²) in [5.74, 6) is -1.66. The SMILES string of the molecule is CCn1c(C)cc(C(=O)N2C[C@@H](C(=O)O)[C@H](c3ccccc3C)C2)c1C. The quantitative estimate of drug-likeness (QED) is 0.916. The molecule has 0 unspecified atom stereocenters. The Labute approximate surface area is 154 Å². The van der Waals surface area contributed by atoms with Crippen LogP contribution in [-0.4, -0.2) is 39.5 Å². The molecular weight excluding hydrogens is 328 g/mol. The number of aliphatic carboxylic acids is 1. The van der Waals surface area contributed by atoms with Gasteiger partial charge >= 0.3 is 5.97 Å². The van der Waals surface area contributed by atoms with Crippen molar-refractivity contribution in [2.75, 3.05) is 13.1 Å². The summed E-state index contributed by atoms with van der Waals surface area (Å²) >= 11 is 0. The van der Waals surface area contributed by atoms with E-state index in [1.54, 1.807) is 4.90 Å². The molecule has 0 radical (unpaired) electrons. The van der Waals surface area contributed by atoms with Gasteiger partial charge in [0.1, 0.15) is 0 Å². The monoisotopic (exact) mass is 354 g/mol. The summed E-state index contributed by atoms with van der Waals surface area (Å²) in [4.78, 5) is 26.6. The van der Waals surface area contributed by atoms with Crippen LogP contribution in [-0.2, 0) is 11.3 Å². The highest BCUT2D eigenvalue weighted by molar-refractivity contribution is 5.96. The first-order valence-corrected chi connectivity index (χ1v) is 9.09. The predicted molar refractivity (Wildman–Crippen MR) is 101 cm³/mol. The van der Waals surface area contributed by atoms with E-state index in [9.17, 15) is 14.7 Å². The number of amides is 1. The van der Waals surface area contributed by atoms with Crippen LogP contribution in [0.2, 0.25) is 0 Å². The molecule has 1 aliphatic rings. The third kappa shape index (κ3) is 3.02. The molecule has 0 spiro atoms. The van der Waals surface area contributed by atoms with Gasteiger partial charge in [0.2, 0.25) is 0 Å². The van der Waals surface area contributed by atoms with Crippen LogP contribution in [0.1, 0.15) is 45.7 Å². The normalized spacial score (nSPS) is 19.8. The van der Waals surface area contributed by atoms with Crippen LogP contribution in [0.15, 0.2) is 30.3 Å². The molecule has 0 saturated carbocycles. The molecule has 1 saturated heterocycles. The fourth-order valence-corrected chi connectivity index (χ4v) is 4.21. The maximum Gasteiger partial charge on any atom is 0.308 e. The van der Waals surface area contributed by atoms with Crippen molar-refractivity contribution in [3.63, 3.8) is 0 Å². The van der Waals surface area contributed by atoms with Crippen LogP contribution in [0.3, 0.4) is 0 Å². The van der Waals surface area contributed by atoms with Crippen LogP contribution < -0.4 is 0 Å². The first-order valence-electron chi connectivity index (χ1n) is 9.09. The molecule has 5 heteroatoms. The minimum Gasteiger partial charge on any atom is -0.481 e. The Bertz CT molecular complexity index is 853. The van der Waals surface area contributed by atoms with Crippen LogP contribution in [0.4, 0.5) is 0 Å². The molecule has 2 atom stereocenters. The summed E-state index contributed by atoms with van der Waals surface area (Å²) in [6, 6.07) is 9.77. The van der Waals surface area contributed by atoms with E-state index in [4.69, 9.17) is 0 Å². The Morgan fingerprint density at radius 3 is 2.42 bits per heavy atom. The maximum absolute atomic E-state index is 13.1. The number of hydrogen-bond acceptors (Lipinski definition) is 2. The Kier molecular flexibility index (Phi) is 4.90. The highest BCUT2D eigenvalue weighted by Gasteiger charge is 2.41. The number of carbonyl (C=O) groups excluding carboxylic acids is 1. The number of aromatic nitrogens is 1. The second-order valence-corrected chi connectivity index (χ2v) is 7.15. The number of carbonyl (C=O) groups is 2. The standard InChI is InChI=1S/C21H26N2O3/c1-5-23-14(3)10-17(15(23)4)20(24)22-11-18(19(12-22)21(25)26)16-9-7-6-8-13(16)2/h6-10,18-19H,5,11-12H2,1-4H3,(H,25,26)/t18-,19+/m0/s1. The minimum absolute atomic E-state index is 0.0693. The van der Waals surface area contributed by atoms with Crippen molar-refractivity contribution in [1.82, 2.24) is 9.47 Å². The van der Waals surface area contributed by atoms with Crippen molar-refractivity contribution in [2.45, 2.75) is 40.2 Å². The molecule has 2 heterocycles. The number of carboxylic acids is 1. The lowest BCUT2D eigenvalue weighted by atomic mass is 9.86. The van der Waals surface area contributed by atoms with Gasteiger partial charge in [-0.25, -0.2) is 0 Å². The summed E-state index contributed by atoms with van der Waals surface area (Å²) < 4.78 is 2.11. The average Bonchev–Trinajstić information content (AvgIpc) is 3.16. The van der Waals surface area contributed by atoms with Gasteiger partial charge in [-0.15, -0.1) is 0 Å². The van der Waals surface area contributed by atoms with Gasteiger partial charge in [-0.05, 0) is 44.9 Å². The lowest BCUT2D eigenvalue weighted by molar-refractivity contribution is -0.141. The summed E-state index contributed by atoms with van der Waals surface area (Å²) in [7, 11) is 0. The van der Waals surface area contributed by atoms with Gasteiger partial charge in [0.15, 0.2) is 0 Å². The van der Waals surface area contributed by atoms with E-state index in [-0.39, 0.29) is 18.4 Å². The lowest BCUT2D eigenvalue weighted by Crippen LogP contribution is -2.30. The van der Waals surface area contributed by atoms with Crippen molar-refractivity contribution < 1.29 is 14.7 Å². The van der Waals surface area contributed by atoms with E-state index < -0.39 is 11.9 Å². The zero-order valence-corrected chi connectivity index (χ0v) is 15.8. The summed E-state index contributed by atoms with van der Waals surface area (Å²) in [6.45, 7) is 9.50. The van der Waals surface area contributed by atoms with Crippen molar-refractivity contribution in [1.29, 1.82) is 0 Å². The number of nitrogens with zero attached hydrogens (tertiary/aromatic N) is 2. The second-order valence-electron chi connectivity index (χ2n) is 7.15. The summed E-state index contributed by atoms with van der Waals surface area (Å²) in [5, 5.41) is 9.70. The zero-order chi connectivity index (χ0) is 19.0. The zero-order valence-electron chi connectivity index (χ0n) is 15.8. The number of rotatable bonds is 4. The average molecular weight is 354 g/mol. The van der Waals surface area contributed by atoms with Crippen LogP contribution >= 0.6 is 0 Å². The predicted octanol–water partition coefficient (Wildman–Crippen LogP) is 3.37. The van der Waals surface area contributed by atoms with Crippen LogP contribution in [0.25, 0.3) is 0 Å². The highest BCUT2D eigenvalue weighted by Crippen LogP contribution is 2.35. The molecule has 3 rings (SSSR count). The third-order valence-electron chi connectivity index (χ3n) is 5.63. The number of hydrogen-bond donors (Lipinski definition) is 1. The van der Waals surface area contributed by atoms with Crippen molar-refractivity contribution in [3.05, 3.63) is 58.4 Å². The fraction of sp³-hybridized carbons (Fsp3) is 0.429. The van der Waals surface area contributed by atoms with Crippen molar-refractivity contribution >= 4 is 11.9 Å². The van der Waals surface area contributed by atoms with Gasteiger partial charge in [-0.2, -0.15) is 0 Å².